The van der Waals surface area contributed by atoms with Crippen molar-refractivity contribution in [2.24, 2.45) is 16.5 Å². The third-order valence-corrected chi connectivity index (χ3v) is 4.38. The lowest BCUT2D eigenvalue weighted by molar-refractivity contribution is 0.0512. The molecule has 0 aromatic heterocycles. The summed E-state index contributed by atoms with van der Waals surface area (Å²) in [4.78, 5) is 16.9. The maximum absolute atomic E-state index is 11.8. The highest BCUT2D eigenvalue weighted by Gasteiger charge is 2.28. The van der Waals surface area contributed by atoms with Crippen molar-refractivity contribution >= 4 is 23.3 Å². The van der Waals surface area contributed by atoms with Gasteiger partial charge in [-0.15, -0.1) is 0 Å². The molecule has 1 fully saturated rings. The van der Waals surface area contributed by atoms with E-state index in [2.05, 4.69) is 25.9 Å². The van der Waals surface area contributed by atoms with Crippen LogP contribution >= 0.6 is 11.6 Å². The Kier molecular flexibility index (Phi) is 5.04. The summed E-state index contributed by atoms with van der Waals surface area (Å²) in [6.07, 6.45) is 4.05. The molecule has 1 saturated carbocycles. The van der Waals surface area contributed by atoms with Gasteiger partial charge in [0.1, 0.15) is 0 Å². The molecule has 1 aliphatic carbocycles. The van der Waals surface area contributed by atoms with Gasteiger partial charge in [-0.05, 0) is 61.3 Å². The highest BCUT2D eigenvalue weighted by molar-refractivity contribution is 6.30. The predicted octanol–water partition coefficient (Wildman–Crippen LogP) is 5.09. The Bertz CT molecular complexity index is 519. The van der Waals surface area contributed by atoms with Gasteiger partial charge in [-0.25, -0.2) is 4.79 Å². The second-order valence-corrected chi connectivity index (χ2v) is 7.12. The van der Waals surface area contributed by atoms with Gasteiger partial charge in [0, 0.05) is 5.02 Å². The number of hydrogen-bond acceptors (Lipinski definition) is 3. The van der Waals surface area contributed by atoms with Gasteiger partial charge in [0.2, 0.25) is 0 Å². The molecular weight excluding hydrogens is 286 g/mol. The Labute approximate surface area is 131 Å². The number of oxime groups is 1. The molecule has 1 aromatic carbocycles. The quantitative estimate of drug-likeness (QED) is 0.564. The second-order valence-electron chi connectivity index (χ2n) is 6.68. The first-order chi connectivity index (χ1) is 9.86. The highest BCUT2D eigenvalue weighted by Crippen LogP contribution is 2.36. The van der Waals surface area contributed by atoms with Crippen LogP contribution in [0.15, 0.2) is 29.4 Å². The van der Waals surface area contributed by atoms with Crippen LogP contribution in [-0.2, 0) is 4.84 Å². The van der Waals surface area contributed by atoms with Crippen LogP contribution in [-0.4, -0.2) is 11.7 Å². The normalized spacial score (nSPS) is 19.2. The van der Waals surface area contributed by atoms with Crippen molar-refractivity contribution in [1.82, 2.24) is 0 Å². The number of hydrogen-bond donors (Lipinski definition) is 0. The van der Waals surface area contributed by atoms with Gasteiger partial charge in [0.05, 0.1) is 11.3 Å². The summed E-state index contributed by atoms with van der Waals surface area (Å²) in [5, 5.41) is 4.63. The molecule has 0 radical (unpaired) electrons. The van der Waals surface area contributed by atoms with E-state index in [9.17, 15) is 4.79 Å². The molecule has 1 aliphatic rings. The summed E-state index contributed by atoms with van der Waals surface area (Å²) in [7, 11) is 0. The maximum Gasteiger partial charge on any atom is 0.365 e. The number of halogens is 1. The molecule has 2 rings (SSSR count). The fourth-order valence-corrected chi connectivity index (χ4v) is 2.78. The van der Waals surface area contributed by atoms with Gasteiger partial charge < -0.3 is 4.84 Å². The van der Waals surface area contributed by atoms with Crippen molar-refractivity contribution in [2.45, 2.75) is 46.5 Å². The molecule has 3 nitrogen and oxygen atoms in total. The Morgan fingerprint density at radius 3 is 2.29 bits per heavy atom. The van der Waals surface area contributed by atoms with Crippen molar-refractivity contribution < 1.29 is 9.63 Å². The number of benzene rings is 1. The fraction of sp³-hybridized carbons (Fsp3) is 0.529. The molecule has 0 heterocycles. The molecular formula is C17H22ClNO2. The lowest BCUT2D eigenvalue weighted by Crippen LogP contribution is -2.26. The minimum absolute atomic E-state index is 0.339. The molecule has 0 unspecified atom stereocenters. The van der Waals surface area contributed by atoms with E-state index in [0.717, 1.165) is 31.4 Å². The SMILES string of the molecule is CC(C)(C)C1CCC(=NOC(=O)c2ccc(Cl)cc2)CC1. The van der Waals surface area contributed by atoms with Gasteiger partial charge in [0.25, 0.3) is 0 Å². The van der Waals surface area contributed by atoms with E-state index in [4.69, 9.17) is 16.4 Å². The van der Waals surface area contributed by atoms with Gasteiger partial charge in [-0.1, -0.05) is 37.5 Å². The molecule has 1 aromatic rings. The highest BCUT2D eigenvalue weighted by atomic mass is 35.5. The van der Waals surface area contributed by atoms with Crippen LogP contribution in [0.4, 0.5) is 0 Å². The fourth-order valence-electron chi connectivity index (χ4n) is 2.65. The molecule has 21 heavy (non-hydrogen) atoms. The minimum atomic E-state index is -0.433. The number of carbonyl (C=O) groups is 1. The van der Waals surface area contributed by atoms with E-state index in [1.807, 2.05) is 0 Å². The average Bonchev–Trinajstić information content (AvgIpc) is 2.45. The molecule has 0 saturated heterocycles. The van der Waals surface area contributed by atoms with E-state index >= 15 is 0 Å². The van der Waals surface area contributed by atoms with Crippen LogP contribution in [0.3, 0.4) is 0 Å². The van der Waals surface area contributed by atoms with Gasteiger partial charge >= 0.3 is 5.97 Å². The number of rotatable bonds is 2. The number of carbonyl (C=O) groups excluding carboxylic acids is 1. The van der Waals surface area contributed by atoms with Crippen molar-refractivity contribution in [3.63, 3.8) is 0 Å². The molecule has 0 spiro atoms. The third kappa shape index (κ3) is 4.57. The molecule has 114 valence electrons. The molecule has 4 heteroatoms. The largest absolute Gasteiger partial charge is 0.365 e. The van der Waals surface area contributed by atoms with E-state index in [-0.39, 0.29) is 0 Å². The zero-order chi connectivity index (χ0) is 15.5. The average molecular weight is 308 g/mol. The molecule has 0 N–H and O–H groups in total. The van der Waals surface area contributed by atoms with E-state index < -0.39 is 5.97 Å². The molecule has 0 atom stereocenters. The van der Waals surface area contributed by atoms with Crippen molar-refractivity contribution in [3.05, 3.63) is 34.9 Å². The van der Waals surface area contributed by atoms with Crippen LogP contribution in [0.1, 0.15) is 56.8 Å². The molecule has 0 amide bonds. The Balaban J connectivity index is 1.88. The van der Waals surface area contributed by atoms with Crippen molar-refractivity contribution in [3.8, 4) is 0 Å². The second kappa shape index (κ2) is 6.61. The smallest absolute Gasteiger partial charge is 0.313 e. The lowest BCUT2D eigenvalue weighted by Gasteiger charge is -2.33. The standard InChI is InChI=1S/C17H22ClNO2/c1-17(2,3)13-6-10-15(11-7-13)19-21-16(20)12-4-8-14(18)9-5-12/h4-5,8-9,13H,6-7,10-11H2,1-3H3. The van der Waals surface area contributed by atoms with Crippen LogP contribution in [0.5, 0.6) is 0 Å². The Hall–Kier alpha value is -1.35. The van der Waals surface area contributed by atoms with Crippen LogP contribution in [0, 0.1) is 11.3 Å². The van der Waals surface area contributed by atoms with E-state index in [0.29, 0.717) is 21.9 Å². The van der Waals surface area contributed by atoms with E-state index in [1.165, 1.54) is 0 Å². The first-order valence-electron chi connectivity index (χ1n) is 7.39. The van der Waals surface area contributed by atoms with Crippen molar-refractivity contribution in [2.75, 3.05) is 0 Å². The summed E-state index contributed by atoms with van der Waals surface area (Å²) < 4.78 is 0. The first-order valence-corrected chi connectivity index (χ1v) is 7.77. The summed E-state index contributed by atoms with van der Waals surface area (Å²) in [5.41, 5.74) is 1.79. The van der Waals surface area contributed by atoms with E-state index in [1.54, 1.807) is 24.3 Å². The van der Waals surface area contributed by atoms with Gasteiger partial charge in [0.15, 0.2) is 0 Å². The number of nitrogens with zero attached hydrogens (tertiary/aromatic N) is 1. The minimum Gasteiger partial charge on any atom is -0.313 e. The summed E-state index contributed by atoms with van der Waals surface area (Å²) in [6, 6.07) is 6.61. The molecule has 0 bridgehead atoms. The third-order valence-electron chi connectivity index (χ3n) is 4.13. The predicted molar refractivity (Wildman–Crippen MR) is 85.7 cm³/mol. The van der Waals surface area contributed by atoms with Crippen molar-refractivity contribution in [1.29, 1.82) is 0 Å². The summed E-state index contributed by atoms with van der Waals surface area (Å²) in [6.45, 7) is 6.83. The van der Waals surface area contributed by atoms with Gasteiger partial charge in [-0.3, -0.25) is 0 Å². The lowest BCUT2D eigenvalue weighted by atomic mass is 9.72. The zero-order valence-electron chi connectivity index (χ0n) is 12.9. The zero-order valence-corrected chi connectivity index (χ0v) is 13.6. The first kappa shape index (κ1) is 16.0. The topological polar surface area (TPSA) is 38.7 Å². The Morgan fingerprint density at radius 1 is 1.19 bits per heavy atom. The van der Waals surface area contributed by atoms with Crippen LogP contribution < -0.4 is 0 Å². The summed E-state index contributed by atoms with van der Waals surface area (Å²) >= 11 is 5.79. The Morgan fingerprint density at radius 2 is 1.76 bits per heavy atom. The van der Waals surface area contributed by atoms with Crippen LogP contribution in [0.2, 0.25) is 5.02 Å². The van der Waals surface area contributed by atoms with Crippen LogP contribution in [0.25, 0.3) is 0 Å². The monoisotopic (exact) mass is 307 g/mol. The maximum atomic E-state index is 11.8. The van der Waals surface area contributed by atoms with Gasteiger partial charge in [-0.2, -0.15) is 0 Å². The summed E-state index contributed by atoms with van der Waals surface area (Å²) in [5.74, 6) is 0.278. The molecule has 0 aliphatic heterocycles.